The minimum atomic E-state index is -0.492. The lowest BCUT2D eigenvalue weighted by atomic mass is 10.1. The normalized spacial score (nSPS) is 12.0. The summed E-state index contributed by atoms with van der Waals surface area (Å²) in [5.74, 6) is -0.0207. The van der Waals surface area contributed by atoms with E-state index in [0.717, 1.165) is 11.8 Å². The first kappa shape index (κ1) is 16.5. The van der Waals surface area contributed by atoms with Crippen LogP contribution in [-0.2, 0) is 6.42 Å². The molecule has 5 nitrogen and oxygen atoms in total. The van der Waals surface area contributed by atoms with E-state index in [1.165, 1.54) is 0 Å². The van der Waals surface area contributed by atoms with E-state index in [0.29, 0.717) is 11.4 Å². The number of nitrogens with one attached hydrogen (secondary N) is 1. The molecular weight excluding hydrogens is 307 g/mol. The first-order valence-electron chi connectivity index (χ1n) is 6.81. The number of halogens is 2. The lowest BCUT2D eigenvalue weighted by molar-refractivity contribution is 0.273. The standard InChI is InChI=1S/C15H18ClFN4O/c1-21(2)14-13(17)8-18-15(20-14)19-12(9-22)7-10-3-5-11(16)6-4-10/h3-6,8,12,22H,7,9H2,1-2H3,(H,18,19,20). The molecule has 0 radical (unpaired) electrons. The average Bonchev–Trinajstić information content (AvgIpc) is 2.50. The number of nitrogens with zero attached hydrogens (tertiary/aromatic N) is 3. The average molecular weight is 325 g/mol. The summed E-state index contributed by atoms with van der Waals surface area (Å²) in [6.07, 6.45) is 1.69. The maximum Gasteiger partial charge on any atom is 0.225 e. The predicted molar refractivity (Wildman–Crippen MR) is 86.0 cm³/mol. The van der Waals surface area contributed by atoms with Gasteiger partial charge in [-0.2, -0.15) is 4.98 Å². The summed E-state index contributed by atoms with van der Waals surface area (Å²) in [7, 11) is 3.40. The van der Waals surface area contributed by atoms with Crippen molar-refractivity contribution in [1.82, 2.24) is 9.97 Å². The van der Waals surface area contributed by atoms with E-state index in [4.69, 9.17) is 11.6 Å². The fourth-order valence-electron chi connectivity index (χ4n) is 1.99. The molecule has 1 aromatic carbocycles. The van der Waals surface area contributed by atoms with Crippen LogP contribution >= 0.6 is 11.6 Å². The van der Waals surface area contributed by atoms with Gasteiger partial charge in [-0.25, -0.2) is 9.37 Å². The second kappa shape index (κ2) is 7.38. The van der Waals surface area contributed by atoms with Crippen molar-refractivity contribution in [2.24, 2.45) is 0 Å². The SMILES string of the molecule is CN(C)c1nc(NC(CO)Cc2ccc(Cl)cc2)ncc1F. The third-order valence-electron chi connectivity index (χ3n) is 3.10. The molecule has 7 heteroatoms. The Morgan fingerprint density at radius 3 is 2.59 bits per heavy atom. The van der Waals surface area contributed by atoms with Gasteiger partial charge in [0.15, 0.2) is 11.6 Å². The molecule has 2 rings (SSSR count). The number of rotatable bonds is 6. The Kier molecular flexibility index (Phi) is 5.51. The molecule has 0 fully saturated rings. The molecule has 0 bridgehead atoms. The molecule has 2 aromatic rings. The smallest absolute Gasteiger partial charge is 0.225 e. The second-order valence-electron chi connectivity index (χ2n) is 5.11. The number of hydrogen-bond acceptors (Lipinski definition) is 5. The highest BCUT2D eigenvalue weighted by Crippen LogP contribution is 2.16. The third kappa shape index (κ3) is 4.29. The molecule has 0 aliphatic carbocycles. The van der Waals surface area contributed by atoms with Gasteiger partial charge in [-0.15, -0.1) is 0 Å². The van der Waals surface area contributed by atoms with Gasteiger partial charge in [0.2, 0.25) is 5.95 Å². The maximum atomic E-state index is 13.6. The van der Waals surface area contributed by atoms with E-state index < -0.39 is 5.82 Å². The number of benzene rings is 1. The molecule has 1 heterocycles. The zero-order valence-electron chi connectivity index (χ0n) is 12.4. The third-order valence-corrected chi connectivity index (χ3v) is 3.35. The van der Waals surface area contributed by atoms with Gasteiger partial charge in [-0.1, -0.05) is 23.7 Å². The molecule has 0 spiro atoms. The van der Waals surface area contributed by atoms with Crippen LogP contribution in [0.25, 0.3) is 0 Å². The van der Waals surface area contributed by atoms with Crippen LogP contribution in [0.15, 0.2) is 30.5 Å². The Bertz CT molecular complexity index is 621. The highest BCUT2D eigenvalue weighted by Gasteiger charge is 2.13. The molecule has 1 atom stereocenters. The van der Waals surface area contributed by atoms with E-state index in [1.807, 2.05) is 12.1 Å². The summed E-state index contributed by atoms with van der Waals surface area (Å²) in [6.45, 7) is -0.0966. The number of aromatic nitrogens is 2. The summed E-state index contributed by atoms with van der Waals surface area (Å²) in [5.41, 5.74) is 1.02. The van der Waals surface area contributed by atoms with Crippen molar-refractivity contribution >= 4 is 23.4 Å². The van der Waals surface area contributed by atoms with Gasteiger partial charge in [0, 0.05) is 19.1 Å². The predicted octanol–water partition coefficient (Wildman–Crippen LogP) is 2.35. The van der Waals surface area contributed by atoms with Crippen LogP contribution in [0.2, 0.25) is 5.02 Å². The molecule has 0 amide bonds. The maximum absolute atomic E-state index is 13.6. The molecule has 0 aliphatic heterocycles. The summed E-state index contributed by atoms with van der Waals surface area (Å²) in [6, 6.07) is 7.10. The molecule has 118 valence electrons. The van der Waals surface area contributed by atoms with Gasteiger partial charge in [-0.3, -0.25) is 0 Å². The van der Waals surface area contributed by atoms with Crippen molar-refractivity contribution in [3.8, 4) is 0 Å². The summed E-state index contributed by atoms with van der Waals surface area (Å²) in [5, 5.41) is 13.2. The van der Waals surface area contributed by atoms with Crippen LogP contribution in [-0.4, -0.2) is 41.8 Å². The van der Waals surface area contributed by atoms with Crippen molar-refractivity contribution in [3.05, 3.63) is 46.9 Å². The highest BCUT2D eigenvalue weighted by molar-refractivity contribution is 6.30. The minimum absolute atomic E-state index is 0.0966. The van der Waals surface area contributed by atoms with E-state index in [-0.39, 0.29) is 24.4 Å². The van der Waals surface area contributed by atoms with Crippen molar-refractivity contribution in [1.29, 1.82) is 0 Å². The van der Waals surface area contributed by atoms with Gasteiger partial charge in [-0.05, 0) is 24.1 Å². The van der Waals surface area contributed by atoms with Crippen molar-refractivity contribution < 1.29 is 9.50 Å². The second-order valence-corrected chi connectivity index (χ2v) is 5.55. The van der Waals surface area contributed by atoms with Crippen LogP contribution in [0.3, 0.4) is 0 Å². The Hall–Kier alpha value is -1.92. The van der Waals surface area contributed by atoms with Crippen LogP contribution in [0.5, 0.6) is 0 Å². The van der Waals surface area contributed by atoms with Crippen molar-refractivity contribution in [3.63, 3.8) is 0 Å². The lowest BCUT2D eigenvalue weighted by Gasteiger charge is -2.18. The topological polar surface area (TPSA) is 61.3 Å². The van der Waals surface area contributed by atoms with E-state index >= 15 is 0 Å². The number of aliphatic hydroxyl groups excluding tert-OH is 1. The Morgan fingerprint density at radius 1 is 1.32 bits per heavy atom. The van der Waals surface area contributed by atoms with Gasteiger partial charge in [0.25, 0.3) is 0 Å². The molecular formula is C15H18ClFN4O. The first-order chi connectivity index (χ1) is 10.5. The Balaban J connectivity index is 2.09. The van der Waals surface area contributed by atoms with Crippen LogP contribution in [0.4, 0.5) is 16.2 Å². The quantitative estimate of drug-likeness (QED) is 0.854. The first-order valence-corrected chi connectivity index (χ1v) is 7.19. The Labute approximate surface area is 133 Å². The van der Waals surface area contributed by atoms with Gasteiger partial charge in [0.1, 0.15) is 0 Å². The summed E-state index contributed by atoms with van der Waals surface area (Å²) < 4.78 is 13.6. The summed E-state index contributed by atoms with van der Waals surface area (Å²) >= 11 is 5.85. The van der Waals surface area contributed by atoms with Crippen LogP contribution in [0, 0.1) is 5.82 Å². The molecule has 0 saturated heterocycles. The Morgan fingerprint density at radius 2 is 2.00 bits per heavy atom. The van der Waals surface area contributed by atoms with Crippen LogP contribution in [0.1, 0.15) is 5.56 Å². The molecule has 0 aliphatic rings. The fourth-order valence-corrected chi connectivity index (χ4v) is 2.12. The van der Waals surface area contributed by atoms with Crippen LogP contribution < -0.4 is 10.2 Å². The number of hydrogen-bond donors (Lipinski definition) is 2. The zero-order valence-corrected chi connectivity index (χ0v) is 13.2. The van der Waals surface area contributed by atoms with Gasteiger partial charge in [0.05, 0.1) is 18.8 Å². The number of anilines is 2. The molecule has 2 N–H and O–H groups in total. The number of aliphatic hydroxyl groups is 1. The molecule has 1 aromatic heterocycles. The largest absolute Gasteiger partial charge is 0.394 e. The van der Waals surface area contributed by atoms with Gasteiger partial charge >= 0.3 is 0 Å². The van der Waals surface area contributed by atoms with Crippen molar-refractivity contribution in [2.45, 2.75) is 12.5 Å². The molecule has 1 unspecified atom stereocenters. The molecule has 0 saturated carbocycles. The van der Waals surface area contributed by atoms with E-state index in [2.05, 4.69) is 15.3 Å². The summed E-state index contributed by atoms with van der Waals surface area (Å²) in [4.78, 5) is 9.59. The van der Waals surface area contributed by atoms with Crippen molar-refractivity contribution in [2.75, 3.05) is 30.9 Å². The fraction of sp³-hybridized carbons (Fsp3) is 0.333. The highest BCUT2D eigenvalue weighted by atomic mass is 35.5. The van der Waals surface area contributed by atoms with Gasteiger partial charge < -0.3 is 15.3 Å². The zero-order chi connectivity index (χ0) is 16.1. The molecule has 22 heavy (non-hydrogen) atoms. The minimum Gasteiger partial charge on any atom is -0.394 e. The monoisotopic (exact) mass is 324 g/mol. The lowest BCUT2D eigenvalue weighted by Crippen LogP contribution is -2.28. The van der Waals surface area contributed by atoms with E-state index in [9.17, 15) is 9.50 Å². The van der Waals surface area contributed by atoms with E-state index in [1.54, 1.807) is 31.1 Å².